The number of carbonyl (C=O) groups is 1. The second kappa shape index (κ2) is 5.09. The fourth-order valence-corrected chi connectivity index (χ4v) is 1.18. The lowest BCUT2D eigenvalue weighted by atomic mass is 10.2. The Kier molecular flexibility index (Phi) is 4.05. The van der Waals surface area contributed by atoms with Crippen LogP contribution < -0.4 is 11.1 Å². The van der Waals surface area contributed by atoms with Gasteiger partial charge < -0.3 is 11.1 Å². The molecule has 3 N–H and O–H groups in total. The molecule has 1 amide bonds. The van der Waals surface area contributed by atoms with E-state index in [1.165, 1.54) is 12.1 Å². The molecule has 5 heteroatoms. The molecule has 1 unspecified atom stereocenters. The standard InChI is InChI=1S/C10H12ClFN2O/c1-6(13)5-14-10(15)8-3-2-7(11)4-9(8)12/h2-4,6H,5,13H2,1H3,(H,14,15). The van der Waals surface area contributed by atoms with Gasteiger partial charge in [-0.2, -0.15) is 0 Å². The van der Waals surface area contributed by atoms with Crippen LogP contribution in [0.1, 0.15) is 17.3 Å². The first-order chi connectivity index (χ1) is 7.00. The van der Waals surface area contributed by atoms with Gasteiger partial charge in [-0.3, -0.25) is 4.79 Å². The SMILES string of the molecule is CC(N)CNC(=O)c1ccc(Cl)cc1F. The van der Waals surface area contributed by atoms with Gasteiger partial charge in [0.15, 0.2) is 0 Å². The van der Waals surface area contributed by atoms with Crippen LogP contribution in [-0.4, -0.2) is 18.5 Å². The zero-order chi connectivity index (χ0) is 11.4. The molecule has 0 radical (unpaired) electrons. The van der Waals surface area contributed by atoms with Crippen molar-refractivity contribution in [2.45, 2.75) is 13.0 Å². The number of hydrogen-bond donors (Lipinski definition) is 2. The summed E-state index contributed by atoms with van der Waals surface area (Å²) in [7, 11) is 0. The molecule has 1 aromatic rings. The van der Waals surface area contributed by atoms with Crippen molar-refractivity contribution in [1.29, 1.82) is 0 Å². The zero-order valence-electron chi connectivity index (χ0n) is 8.26. The van der Waals surface area contributed by atoms with Gasteiger partial charge in [-0.1, -0.05) is 11.6 Å². The topological polar surface area (TPSA) is 55.1 Å². The largest absolute Gasteiger partial charge is 0.350 e. The van der Waals surface area contributed by atoms with Crippen LogP contribution in [0.25, 0.3) is 0 Å². The van der Waals surface area contributed by atoms with Gasteiger partial charge in [-0.05, 0) is 25.1 Å². The summed E-state index contributed by atoms with van der Waals surface area (Å²) in [5.74, 6) is -1.12. The molecule has 0 spiro atoms. The Morgan fingerprint density at radius 3 is 2.87 bits per heavy atom. The predicted octanol–water partition coefficient (Wildman–Crippen LogP) is 1.56. The van der Waals surface area contributed by atoms with Crippen molar-refractivity contribution in [3.8, 4) is 0 Å². The molecule has 0 bridgehead atoms. The molecule has 0 saturated heterocycles. The van der Waals surface area contributed by atoms with Gasteiger partial charge in [-0.15, -0.1) is 0 Å². The van der Waals surface area contributed by atoms with E-state index in [9.17, 15) is 9.18 Å². The van der Waals surface area contributed by atoms with Gasteiger partial charge in [0.25, 0.3) is 5.91 Å². The van der Waals surface area contributed by atoms with Gasteiger partial charge in [0.1, 0.15) is 5.82 Å². The fourth-order valence-electron chi connectivity index (χ4n) is 1.02. The van der Waals surface area contributed by atoms with E-state index in [4.69, 9.17) is 17.3 Å². The van der Waals surface area contributed by atoms with Crippen molar-refractivity contribution >= 4 is 17.5 Å². The lowest BCUT2D eigenvalue weighted by molar-refractivity contribution is 0.0947. The van der Waals surface area contributed by atoms with Crippen LogP contribution in [0, 0.1) is 5.82 Å². The van der Waals surface area contributed by atoms with Crippen molar-refractivity contribution in [3.05, 3.63) is 34.6 Å². The quantitative estimate of drug-likeness (QED) is 0.828. The van der Waals surface area contributed by atoms with Crippen molar-refractivity contribution in [2.75, 3.05) is 6.54 Å². The lowest BCUT2D eigenvalue weighted by Gasteiger charge is -2.08. The number of benzene rings is 1. The summed E-state index contributed by atoms with van der Waals surface area (Å²) < 4.78 is 13.2. The average Bonchev–Trinajstić information content (AvgIpc) is 2.14. The van der Waals surface area contributed by atoms with E-state index in [1.807, 2.05) is 0 Å². The highest BCUT2D eigenvalue weighted by Gasteiger charge is 2.11. The number of nitrogens with one attached hydrogen (secondary N) is 1. The van der Waals surface area contributed by atoms with E-state index in [0.717, 1.165) is 6.07 Å². The normalized spacial score (nSPS) is 12.3. The van der Waals surface area contributed by atoms with E-state index in [0.29, 0.717) is 6.54 Å². The average molecular weight is 231 g/mol. The Morgan fingerprint density at radius 1 is 1.67 bits per heavy atom. The molecule has 0 aliphatic carbocycles. The fraction of sp³-hybridized carbons (Fsp3) is 0.300. The number of rotatable bonds is 3. The zero-order valence-corrected chi connectivity index (χ0v) is 9.01. The summed E-state index contributed by atoms with van der Waals surface area (Å²) in [6, 6.07) is 3.74. The Bertz CT molecular complexity index is 368. The maximum Gasteiger partial charge on any atom is 0.254 e. The summed E-state index contributed by atoms with van der Waals surface area (Å²) in [4.78, 5) is 11.4. The van der Waals surface area contributed by atoms with Gasteiger partial charge >= 0.3 is 0 Å². The Labute approximate surface area is 92.4 Å². The molecule has 0 fully saturated rings. The molecule has 0 saturated carbocycles. The first kappa shape index (κ1) is 11.9. The summed E-state index contributed by atoms with van der Waals surface area (Å²) >= 11 is 5.56. The molecule has 15 heavy (non-hydrogen) atoms. The van der Waals surface area contributed by atoms with Crippen LogP contribution in [0.2, 0.25) is 5.02 Å². The first-order valence-electron chi connectivity index (χ1n) is 4.49. The second-order valence-corrected chi connectivity index (χ2v) is 3.75. The number of hydrogen-bond acceptors (Lipinski definition) is 2. The van der Waals surface area contributed by atoms with Crippen molar-refractivity contribution in [3.63, 3.8) is 0 Å². The van der Waals surface area contributed by atoms with Crippen LogP contribution in [0.15, 0.2) is 18.2 Å². The van der Waals surface area contributed by atoms with Gasteiger partial charge in [0.2, 0.25) is 0 Å². The minimum atomic E-state index is -0.635. The Hall–Kier alpha value is -1.13. The third kappa shape index (κ3) is 3.49. The van der Waals surface area contributed by atoms with Crippen LogP contribution in [0.5, 0.6) is 0 Å². The number of amides is 1. The smallest absolute Gasteiger partial charge is 0.254 e. The molecule has 1 atom stereocenters. The van der Waals surface area contributed by atoms with Gasteiger partial charge in [0.05, 0.1) is 5.56 Å². The van der Waals surface area contributed by atoms with Crippen LogP contribution in [0.3, 0.4) is 0 Å². The molecule has 0 aliphatic heterocycles. The Balaban J connectivity index is 2.74. The molecular formula is C10H12ClFN2O. The maximum absolute atomic E-state index is 13.2. The van der Waals surface area contributed by atoms with Gasteiger partial charge in [0, 0.05) is 17.6 Å². The summed E-state index contributed by atoms with van der Waals surface area (Å²) in [6.07, 6.45) is 0. The molecule has 0 heterocycles. The summed E-state index contributed by atoms with van der Waals surface area (Å²) in [6.45, 7) is 2.05. The minimum absolute atomic E-state index is 0.0277. The van der Waals surface area contributed by atoms with Crippen LogP contribution >= 0.6 is 11.6 Å². The van der Waals surface area contributed by atoms with Crippen LogP contribution in [0.4, 0.5) is 4.39 Å². The number of carbonyl (C=O) groups excluding carboxylic acids is 1. The van der Waals surface area contributed by atoms with Crippen molar-refractivity contribution in [1.82, 2.24) is 5.32 Å². The highest BCUT2D eigenvalue weighted by molar-refractivity contribution is 6.30. The van der Waals surface area contributed by atoms with Crippen molar-refractivity contribution in [2.24, 2.45) is 5.73 Å². The molecule has 82 valence electrons. The van der Waals surface area contributed by atoms with Gasteiger partial charge in [-0.25, -0.2) is 4.39 Å². The molecule has 0 aromatic heterocycles. The summed E-state index contributed by atoms with van der Waals surface area (Å²) in [5, 5.41) is 2.77. The highest BCUT2D eigenvalue weighted by atomic mass is 35.5. The predicted molar refractivity (Wildman–Crippen MR) is 57.4 cm³/mol. The first-order valence-corrected chi connectivity index (χ1v) is 4.87. The summed E-state index contributed by atoms with van der Waals surface area (Å²) in [5.41, 5.74) is 5.42. The number of nitrogens with two attached hydrogens (primary N) is 1. The third-order valence-electron chi connectivity index (χ3n) is 1.76. The second-order valence-electron chi connectivity index (χ2n) is 3.31. The lowest BCUT2D eigenvalue weighted by Crippen LogP contribution is -2.35. The van der Waals surface area contributed by atoms with E-state index < -0.39 is 11.7 Å². The van der Waals surface area contributed by atoms with E-state index in [2.05, 4.69) is 5.32 Å². The van der Waals surface area contributed by atoms with E-state index >= 15 is 0 Å². The minimum Gasteiger partial charge on any atom is -0.350 e. The highest BCUT2D eigenvalue weighted by Crippen LogP contribution is 2.14. The number of halogens is 2. The monoisotopic (exact) mass is 230 g/mol. The molecule has 1 aromatic carbocycles. The Morgan fingerprint density at radius 2 is 2.33 bits per heavy atom. The third-order valence-corrected chi connectivity index (χ3v) is 2.00. The van der Waals surface area contributed by atoms with E-state index in [1.54, 1.807) is 6.92 Å². The maximum atomic E-state index is 13.2. The molecular weight excluding hydrogens is 219 g/mol. The van der Waals surface area contributed by atoms with E-state index in [-0.39, 0.29) is 16.6 Å². The molecule has 3 nitrogen and oxygen atoms in total. The molecule has 1 rings (SSSR count). The molecule has 0 aliphatic rings. The van der Waals surface area contributed by atoms with Crippen molar-refractivity contribution < 1.29 is 9.18 Å². The van der Waals surface area contributed by atoms with Crippen LogP contribution in [-0.2, 0) is 0 Å².